The van der Waals surface area contributed by atoms with Gasteiger partial charge in [-0.25, -0.2) is 4.79 Å². The number of halogens is 26. The molecule has 0 amide bonds. The minimum absolute atomic E-state index is 1.56. The van der Waals surface area contributed by atoms with Crippen LogP contribution in [0.15, 0.2) is 4.42 Å². The number of alkyl halides is 26. The van der Waals surface area contributed by atoms with Gasteiger partial charge in [0, 0.05) is 0 Å². The van der Waals surface area contributed by atoms with Crippen molar-refractivity contribution in [3.63, 3.8) is 0 Å². The molecule has 0 aliphatic rings. The summed E-state index contributed by atoms with van der Waals surface area (Å²) < 4.78 is 353. The zero-order valence-corrected chi connectivity index (χ0v) is 20.6. The molecule has 0 fully saturated rings. The first-order chi connectivity index (χ1) is 20.5. The van der Waals surface area contributed by atoms with Crippen molar-refractivity contribution in [1.29, 1.82) is 0 Å². The van der Waals surface area contributed by atoms with Crippen LogP contribution in [0.5, 0.6) is 0 Å². The first-order valence-electron chi connectivity index (χ1n) is 10.3. The number of carboxylic acid groups (broad SMARTS) is 1. The van der Waals surface area contributed by atoms with Gasteiger partial charge in [0.05, 0.1) is 5.56 Å². The number of hydrogen-bond donors (Lipinski definition) is 1. The number of carbonyl (C=O) groups is 2. The van der Waals surface area contributed by atoms with Crippen LogP contribution in [0, 0.1) is 0 Å². The molecule has 30 heteroatoms. The molecule has 0 saturated carbocycles. The third kappa shape index (κ3) is 5.07. The molecule has 1 aromatic heterocycles. The van der Waals surface area contributed by atoms with Gasteiger partial charge in [-0.15, -0.1) is 0 Å². The van der Waals surface area contributed by atoms with Crippen molar-refractivity contribution in [2.45, 2.75) is 71.6 Å². The van der Waals surface area contributed by atoms with E-state index in [0.29, 0.717) is 0 Å². The average molecular weight is 776 g/mol. The zero-order chi connectivity index (χ0) is 39.3. The Morgan fingerprint density at radius 1 is 0.458 bits per heavy atom. The molecule has 1 rings (SSSR count). The van der Waals surface area contributed by atoms with E-state index in [0.717, 1.165) is 0 Å². The molecule has 0 spiro atoms. The second kappa shape index (κ2) is 10.8. The lowest BCUT2D eigenvalue weighted by atomic mass is 9.85. The van der Waals surface area contributed by atoms with Gasteiger partial charge in [0.1, 0.15) is 5.56 Å². The minimum Gasteiger partial charge on any atom is -0.478 e. The predicted molar refractivity (Wildman–Crippen MR) is 90.5 cm³/mol. The Bertz CT molecular complexity index is 1410. The Kier molecular flexibility index (Phi) is 9.59. The Balaban J connectivity index is 4.21. The number of hydrogen-bond acceptors (Lipinski definition) is 3. The smallest absolute Gasteiger partial charge is 0.460 e. The van der Waals surface area contributed by atoms with E-state index in [1.165, 1.54) is 0 Å². The van der Waals surface area contributed by atoms with Crippen molar-refractivity contribution in [2.75, 3.05) is 0 Å². The molecule has 0 bridgehead atoms. The fourth-order valence-electron chi connectivity index (χ4n) is 3.11. The average Bonchev–Trinajstić information content (AvgIpc) is 3.28. The van der Waals surface area contributed by atoms with Crippen molar-refractivity contribution in [2.24, 2.45) is 0 Å². The molecule has 0 aromatic carbocycles. The molecule has 0 radical (unpaired) electrons. The van der Waals surface area contributed by atoms with Crippen LogP contribution in [0.25, 0.3) is 0 Å². The van der Waals surface area contributed by atoms with Gasteiger partial charge in [-0.2, -0.15) is 114 Å². The molecule has 1 N–H and O–H groups in total. The summed E-state index contributed by atoms with van der Waals surface area (Å²) in [6.07, 6.45) is -17.4. The van der Waals surface area contributed by atoms with Gasteiger partial charge >= 0.3 is 77.5 Å². The molecule has 48 heavy (non-hydrogen) atoms. The molecular formula is C18H2F26O4. The van der Waals surface area contributed by atoms with Gasteiger partial charge in [0.25, 0.3) is 0 Å². The SMILES string of the molecule is O=Cc1oc(C(F)(F)C(F)(F)C(F)(F)C(F)(F)C(F)(F)C(F)(F)C(F)(F)C(F)(F)C(F)(F)C(F)(F)F)c(C(F)(F)C(F)(F)F)c1C(=O)O. The molecule has 280 valence electrons. The number of furan rings is 1. The summed E-state index contributed by atoms with van der Waals surface area (Å²) in [5.41, 5.74) is -7.72. The van der Waals surface area contributed by atoms with Crippen molar-refractivity contribution in [1.82, 2.24) is 0 Å². The monoisotopic (exact) mass is 776 g/mol. The van der Waals surface area contributed by atoms with E-state index in [2.05, 4.69) is 4.42 Å². The largest absolute Gasteiger partial charge is 0.478 e. The number of aromatic carboxylic acids is 1. The van der Waals surface area contributed by atoms with Crippen molar-refractivity contribution >= 4 is 12.3 Å². The van der Waals surface area contributed by atoms with Crippen molar-refractivity contribution < 1.29 is 133 Å². The van der Waals surface area contributed by atoms with Gasteiger partial charge in [-0.05, 0) is 0 Å². The maximum atomic E-state index is 14.5. The quantitative estimate of drug-likeness (QED) is 0.170. The number of aldehydes is 1. The van der Waals surface area contributed by atoms with Crippen LogP contribution >= 0.6 is 0 Å². The summed E-state index contributed by atoms with van der Waals surface area (Å²) in [4.78, 5) is 21.7. The lowest BCUT2D eigenvalue weighted by Gasteiger charge is -2.44. The third-order valence-electron chi connectivity index (χ3n) is 5.72. The van der Waals surface area contributed by atoms with E-state index in [9.17, 15) is 124 Å². The van der Waals surface area contributed by atoms with Crippen LogP contribution in [0.3, 0.4) is 0 Å². The van der Waals surface area contributed by atoms with E-state index in [-0.39, 0.29) is 0 Å². The van der Waals surface area contributed by atoms with Crippen LogP contribution < -0.4 is 0 Å². The zero-order valence-electron chi connectivity index (χ0n) is 20.6. The second-order valence-electron chi connectivity index (χ2n) is 8.71. The van der Waals surface area contributed by atoms with Gasteiger partial charge in [0.2, 0.25) is 0 Å². The van der Waals surface area contributed by atoms with E-state index < -0.39 is 106 Å². The summed E-state index contributed by atoms with van der Waals surface area (Å²) in [6.45, 7) is 0. The summed E-state index contributed by atoms with van der Waals surface area (Å²) in [5.74, 6) is -102. The highest BCUT2D eigenvalue weighted by Gasteiger charge is 2.98. The van der Waals surface area contributed by atoms with Crippen LogP contribution in [-0.4, -0.2) is 77.1 Å². The van der Waals surface area contributed by atoms with E-state index >= 15 is 0 Å². The first-order valence-corrected chi connectivity index (χ1v) is 10.3. The lowest BCUT2D eigenvalue weighted by Crippen LogP contribution is -2.76. The van der Waals surface area contributed by atoms with Crippen LogP contribution in [0.1, 0.15) is 32.2 Å². The molecule has 0 aliphatic carbocycles. The fraction of sp³-hybridized carbons (Fsp3) is 0.667. The van der Waals surface area contributed by atoms with Gasteiger partial charge in [-0.3, -0.25) is 4.79 Å². The molecule has 0 saturated heterocycles. The summed E-state index contributed by atoms with van der Waals surface area (Å²) in [6, 6.07) is 0. The maximum Gasteiger partial charge on any atom is 0.460 e. The fourth-order valence-corrected chi connectivity index (χ4v) is 3.11. The van der Waals surface area contributed by atoms with Crippen LogP contribution in [-0.2, 0) is 11.8 Å². The molecule has 1 aromatic rings. The number of rotatable bonds is 12. The molecule has 1 heterocycles. The molecular weight excluding hydrogens is 774 g/mol. The molecule has 0 aliphatic heterocycles. The lowest BCUT2D eigenvalue weighted by molar-refractivity contribution is -0.475. The van der Waals surface area contributed by atoms with Crippen molar-refractivity contribution in [3.05, 3.63) is 22.6 Å². The van der Waals surface area contributed by atoms with E-state index in [1.807, 2.05) is 0 Å². The van der Waals surface area contributed by atoms with Gasteiger partial charge in [0.15, 0.2) is 17.8 Å². The normalized spacial score (nSPS) is 16.0. The highest BCUT2D eigenvalue weighted by Crippen LogP contribution is 2.67. The summed E-state index contributed by atoms with van der Waals surface area (Å²) >= 11 is 0. The molecule has 0 unspecified atom stereocenters. The maximum absolute atomic E-state index is 14.5. The standard InChI is InChI=1S/C18H2F26O4/c19-7(20,17(39,40)41)4-3(6(46)47)2(1-45)48-5(4)8(21,22)9(23,24)10(25,26)11(27,28)12(29,30)13(31,32)14(33,34)15(35,36)16(37,38)18(42,43)44/h1H,(H,46,47). The molecule has 0 atom stereocenters. The van der Waals surface area contributed by atoms with Crippen LogP contribution in [0.2, 0.25) is 0 Å². The van der Waals surface area contributed by atoms with Gasteiger partial charge in [-0.1, -0.05) is 0 Å². The molecule has 4 nitrogen and oxygen atoms in total. The summed E-state index contributed by atoms with van der Waals surface area (Å²) in [5, 5.41) is 8.66. The summed E-state index contributed by atoms with van der Waals surface area (Å²) in [7, 11) is 0. The first kappa shape index (κ1) is 42.6. The minimum atomic E-state index is -9.68. The highest BCUT2D eigenvalue weighted by molar-refractivity contribution is 5.97. The predicted octanol–water partition coefficient (Wildman–Crippen LogP) is 9.18. The van der Waals surface area contributed by atoms with Crippen molar-refractivity contribution in [3.8, 4) is 0 Å². The highest BCUT2D eigenvalue weighted by atomic mass is 19.4. The number of carboxylic acids is 1. The Labute approximate surface area is 241 Å². The van der Waals surface area contributed by atoms with Gasteiger partial charge < -0.3 is 9.52 Å². The van der Waals surface area contributed by atoms with E-state index in [1.54, 1.807) is 0 Å². The van der Waals surface area contributed by atoms with E-state index in [4.69, 9.17) is 5.11 Å². The Morgan fingerprint density at radius 2 is 0.750 bits per heavy atom. The van der Waals surface area contributed by atoms with Crippen LogP contribution in [0.4, 0.5) is 114 Å². The number of carbonyl (C=O) groups excluding carboxylic acids is 1. The Morgan fingerprint density at radius 3 is 1.00 bits per heavy atom. The second-order valence-corrected chi connectivity index (χ2v) is 8.71. The third-order valence-corrected chi connectivity index (χ3v) is 5.72. The Hall–Kier alpha value is -3.40. The topological polar surface area (TPSA) is 67.5 Å².